The van der Waals surface area contributed by atoms with Crippen LogP contribution >= 0.6 is 27.7 Å². The summed E-state index contributed by atoms with van der Waals surface area (Å²) in [7, 11) is 0. The first kappa shape index (κ1) is 17.2. The third-order valence-electron chi connectivity index (χ3n) is 2.37. The molecule has 0 aliphatic rings. The van der Waals surface area contributed by atoms with Crippen LogP contribution in [0.5, 0.6) is 0 Å². The minimum Gasteiger partial charge on any atom is -0.459 e. The molecule has 1 aromatic rings. The van der Waals surface area contributed by atoms with Crippen LogP contribution in [0.3, 0.4) is 0 Å². The molecule has 0 saturated carbocycles. The van der Waals surface area contributed by atoms with E-state index >= 15 is 0 Å². The smallest absolute Gasteiger partial charge is 0.316 e. The molecule has 0 amide bonds. The zero-order valence-corrected chi connectivity index (χ0v) is 14.5. The Bertz CT molecular complexity index is 477. The van der Waals surface area contributed by atoms with Crippen molar-refractivity contribution < 1.29 is 14.3 Å². The zero-order chi connectivity index (χ0) is 15.3. The SMILES string of the molecule is CC(SCC(=O)OC(C)(C)C)C(=O)c1ccc(Br)cc1. The second-order valence-electron chi connectivity index (χ2n) is 5.41. The van der Waals surface area contributed by atoms with E-state index in [1.165, 1.54) is 11.8 Å². The van der Waals surface area contributed by atoms with Gasteiger partial charge in [-0.25, -0.2) is 0 Å². The van der Waals surface area contributed by atoms with E-state index in [-0.39, 0.29) is 22.8 Å². The molecule has 0 fully saturated rings. The van der Waals surface area contributed by atoms with Gasteiger partial charge in [-0.1, -0.05) is 28.1 Å². The topological polar surface area (TPSA) is 43.4 Å². The van der Waals surface area contributed by atoms with Gasteiger partial charge in [-0.3, -0.25) is 9.59 Å². The lowest BCUT2D eigenvalue weighted by Crippen LogP contribution is -2.26. The van der Waals surface area contributed by atoms with Gasteiger partial charge in [-0.15, -0.1) is 11.8 Å². The van der Waals surface area contributed by atoms with E-state index in [2.05, 4.69) is 15.9 Å². The van der Waals surface area contributed by atoms with Crippen molar-refractivity contribution in [2.45, 2.75) is 38.5 Å². The van der Waals surface area contributed by atoms with Crippen LogP contribution in [-0.2, 0) is 9.53 Å². The maximum Gasteiger partial charge on any atom is 0.316 e. The van der Waals surface area contributed by atoms with E-state index in [4.69, 9.17) is 4.74 Å². The van der Waals surface area contributed by atoms with Gasteiger partial charge in [0.05, 0.1) is 11.0 Å². The first-order valence-corrected chi connectivity index (χ1v) is 8.16. The summed E-state index contributed by atoms with van der Waals surface area (Å²) < 4.78 is 6.15. The van der Waals surface area contributed by atoms with E-state index in [0.717, 1.165) is 4.47 Å². The maximum atomic E-state index is 12.2. The molecule has 0 spiro atoms. The Morgan fingerprint density at radius 2 is 1.80 bits per heavy atom. The Hall–Kier alpha value is -0.810. The summed E-state index contributed by atoms with van der Waals surface area (Å²) in [4.78, 5) is 23.8. The Labute approximate surface area is 132 Å². The van der Waals surface area contributed by atoms with Crippen molar-refractivity contribution in [2.75, 3.05) is 5.75 Å². The molecule has 1 rings (SSSR count). The Balaban J connectivity index is 2.50. The molecular weight excluding hydrogens is 340 g/mol. The highest BCUT2D eigenvalue weighted by atomic mass is 79.9. The van der Waals surface area contributed by atoms with Gasteiger partial charge >= 0.3 is 5.97 Å². The van der Waals surface area contributed by atoms with Gasteiger partial charge in [0.2, 0.25) is 0 Å². The molecule has 3 nitrogen and oxygen atoms in total. The maximum absolute atomic E-state index is 12.2. The quantitative estimate of drug-likeness (QED) is 0.587. The number of ketones is 1. The summed E-state index contributed by atoms with van der Waals surface area (Å²) >= 11 is 4.63. The monoisotopic (exact) mass is 358 g/mol. The van der Waals surface area contributed by atoms with E-state index in [9.17, 15) is 9.59 Å². The second kappa shape index (κ2) is 7.27. The summed E-state index contributed by atoms with van der Waals surface area (Å²) in [5.74, 6) is -0.0928. The third-order valence-corrected chi connectivity index (χ3v) is 4.01. The van der Waals surface area contributed by atoms with Crippen LogP contribution in [0.25, 0.3) is 0 Å². The fourth-order valence-electron chi connectivity index (χ4n) is 1.49. The lowest BCUT2D eigenvalue weighted by Gasteiger charge is -2.19. The van der Waals surface area contributed by atoms with Crippen LogP contribution in [0.15, 0.2) is 28.7 Å². The van der Waals surface area contributed by atoms with Gasteiger partial charge in [0.25, 0.3) is 0 Å². The van der Waals surface area contributed by atoms with E-state index in [1.54, 1.807) is 19.1 Å². The van der Waals surface area contributed by atoms with E-state index in [1.807, 2.05) is 32.9 Å². The summed E-state index contributed by atoms with van der Waals surface area (Å²) in [5.41, 5.74) is 0.161. The molecule has 0 aromatic heterocycles. The summed E-state index contributed by atoms with van der Waals surface area (Å²) in [6.45, 7) is 7.28. The fraction of sp³-hybridized carbons (Fsp3) is 0.467. The first-order valence-electron chi connectivity index (χ1n) is 6.32. The van der Waals surface area contributed by atoms with Crippen molar-refractivity contribution in [3.63, 3.8) is 0 Å². The minimum atomic E-state index is -0.489. The molecule has 110 valence electrons. The zero-order valence-electron chi connectivity index (χ0n) is 12.1. The lowest BCUT2D eigenvalue weighted by atomic mass is 10.1. The van der Waals surface area contributed by atoms with Crippen molar-refractivity contribution in [1.82, 2.24) is 0 Å². The number of halogens is 1. The molecule has 1 aromatic carbocycles. The third kappa shape index (κ3) is 6.09. The number of esters is 1. The van der Waals surface area contributed by atoms with Crippen molar-refractivity contribution in [3.8, 4) is 0 Å². The van der Waals surface area contributed by atoms with Gasteiger partial charge in [0.15, 0.2) is 5.78 Å². The van der Waals surface area contributed by atoms with E-state index < -0.39 is 5.60 Å². The predicted molar refractivity (Wildman–Crippen MR) is 86.2 cm³/mol. The van der Waals surface area contributed by atoms with Crippen LogP contribution < -0.4 is 0 Å². The number of rotatable bonds is 5. The highest BCUT2D eigenvalue weighted by molar-refractivity contribution is 9.10. The van der Waals surface area contributed by atoms with Crippen molar-refractivity contribution >= 4 is 39.4 Å². The van der Waals surface area contributed by atoms with Gasteiger partial charge in [0.1, 0.15) is 5.60 Å². The largest absolute Gasteiger partial charge is 0.459 e. The van der Waals surface area contributed by atoms with Crippen LogP contribution in [0.2, 0.25) is 0 Å². The number of thioether (sulfide) groups is 1. The summed E-state index contributed by atoms with van der Waals surface area (Å²) in [5, 5.41) is -0.274. The molecular formula is C15H19BrO3S. The molecule has 0 aliphatic heterocycles. The van der Waals surface area contributed by atoms with Crippen LogP contribution in [0.1, 0.15) is 38.1 Å². The number of carbonyl (C=O) groups is 2. The molecule has 20 heavy (non-hydrogen) atoms. The molecule has 1 atom stereocenters. The van der Waals surface area contributed by atoms with Crippen LogP contribution in [0, 0.1) is 0 Å². The van der Waals surface area contributed by atoms with Crippen LogP contribution in [0.4, 0.5) is 0 Å². The molecule has 0 N–H and O–H groups in total. The number of ether oxygens (including phenoxy) is 1. The number of hydrogen-bond acceptors (Lipinski definition) is 4. The van der Waals surface area contributed by atoms with Gasteiger partial charge in [0, 0.05) is 10.0 Å². The Morgan fingerprint density at radius 3 is 2.30 bits per heavy atom. The first-order chi connectivity index (χ1) is 9.19. The Kier molecular flexibility index (Phi) is 6.27. The van der Waals surface area contributed by atoms with Gasteiger partial charge in [-0.2, -0.15) is 0 Å². The standard InChI is InChI=1S/C15H19BrO3S/c1-10(20-9-13(17)19-15(2,3)4)14(18)11-5-7-12(16)8-6-11/h5-8,10H,9H2,1-4H3. The molecule has 0 radical (unpaired) electrons. The molecule has 0 aliphatic carbocycles. The number of carbonyl (C=O) groups excluding carboxylic acids is 2. The van der Waals surface area contributed by atoms with Gasteiger partial charge in [-0.05, 0) is 39.8 Å². The normalized spacial score (nSPS) is 12.8. The van der Waals surface area contributed by atoms with Crippen molar-refractivity contribution in [3.05, 3.63) is 34.3 Å². The predicted octanol–water partition coefficient (Wildman–Crippen LogP) is 4.10. The fourth-order valence-corrected chi connectivity index (χ4v) is 2.49. The summed E-state index contributed by atoms with van der Waals surface area (Å²) in [6.07, 6.45) is 0. The molecule has 0 bridgehead atoms. The highest BCUT2D eigenvalue weighted by Gasteiger charge is 2.20. The summed E-state index contributed by atoms with van der Waals surface area (Å²) in [6, 6.07) is 7.21. The average molecular weight is 359 g/mol. The molecule has 0 heterocycles. The lowest BCUT2D eigenvalue weighted by molar-refractivity contribution is -0.151. The van der Waals surface area contributed by atoms with Crippen molar-refractivity contribution in [2.24, 2.45) is 0 Å². The second-order valence-corrected chi connectivity index (χ2v) is 7.66. The number of benzene rings is 1. The van der Waals surface area contributed by atoms with Gasteiger partial charge < -0.3 is 4.74 Å². The Morgan fingerprint density at radius 1 is 1.25 bits per heavy atom. The minimum absolute atomic E-state index is 0.0195. The average Bonchev–Trinajstić information content (AvgIpc) is 2.34. The molecule has 5 heteroatoms. The highest BCUT2D eigenvalue weighted by Crippen LogP contribution is 2.19. The van der Waals surface area contributed by atoms with Crippen molar-refractivity contribution in [1.29, 1.82) is 0 Å². The van der Waals surface area contributed by atoms with E-state index in [0.29, 0.717) is 5.56 Å². The molecule has 1 unspecified atom stereocenters. The molecule has 0 saturated heterocycles. The number of Topliss-reactive ketones (excluding diaryl/α,β-unsaturated/α-hetero) is 1. The number of hydrogen-bond donors (Lipinski definition) is 0. The van der Waals surface area contributed by atoms with Crippen LogP contribution in [-0.4, -0.2) is 28.4 Å².